The zero-order valence-corrected chi connectivity index (χ0v) is 19.4. The first-order chi connectivity index (χ1) is 15.0. The van der Waals surface area contributed by atoms with Gasteiger partial charge in [-0.15, -0.1) is 0 Å². The van der Waals surface area contributed by atoms with E-state index in [1.807, 2.05) is 0 Å². The Balaban J connectivity index is 1.36. The third kappa shape index (κ3) is 5.55. The Hall–Kier alpha value is -1.73. The molecule has 5 nitrogen and oxygen atoms in total. The summed E-state index contributed by atoms with van der Waals surface area (Å²) in [4.78, 5) is 20.3. The molecule has 4 rings (SSSR count). The Kier molecular flexibility index (Phi) is 7.43. The highest BCUT2D eigenvalue weighted by molar-refractivity contribution is 7.80. The highest BCUT2D eigenvalue weighted by atomic mass is 32.1. The molecule has 0 unspecified atom stereocenters. The summed E-state index contributed by atoms with van der Waals surface area (Å²) in [6, 6.07) is 6.29. The van der Waals surface area contributed by atoms with Crippen LogP contribution in [0.2, 0.25) is 0 Å². The number of nitrogens with zero attached hydrogens (tertiary/aromatic N) is 3. The normalized spacial score (nSPS) is 22.5. The molecule has 2 heterocycles. The molecule has 1 N–H and O–H groups in total. The van der Waals surface area contributed by atoms with E-state index in [1.54, 1.807) is 12.1 Å². The number of thiocarbonyl (C=S) groups is 1. The predicted octanol–water partition coefficient (Wildman–Crippen LogP) is 3.96. The molecule has 1 aromatic rings. The number of piperazine rings is 1. The maximum absolute atomic E-state index is 13.6. The molecule has 1 saturated carbocycles. The smallest absolute Gasteiger partial charge is 0.240 e. The Bertz CT molecular complexity index is 751. The molecule has 0 bridgehead atoms. The fraction of sp³-hybridized carbons (Fsp3) is 0.667. The lowest BCUT2D eigenvalue weighted by molar-refractivity contribution is -0.141. The Labute approximate surface area is 190 Å². The van der Waals surface area contributed by atoms with Crippen LogP contribution in [0.25, 0.3) is 0 Å². The zero-order chi connectivity index (χ0) is 21.8. The molecule has 0 aromatic heterocycles. The number of halogens is 1. The van der Waals surface area contributed by atoms with E-state index in [9.17, 15) is 9.18 Å². The lowest BCUT2D eigenvalue weighted by atomic mass is 9.92. The van der Waals surface area contributed by atoms with Crippen molar-refractivity contribution in [3.8, 4) is 0 Å². The first kappa shape index (κ1) is 22.5. The SMILES string of the molecule is CC1CCN(C(=O)[C@@H](C2CCCC2)N2CCN(C(=S)Nc3ccc(F)cc3)CC2)CC1. The van der Waals surface area contributed by atoms with E-state index in [1.165, 1.54) is 37.8 Å². The van der Waals surface area contributed by atoms with E-state index < -0.39 is 0 Å². The topological polar surface area (TPSA) is 38.8 Å². The fourth-order valence-corrected chi connectivity index (χ4v) is 5.58. The Morgan fingerprint density at radius 1 is 0.968 bits per heavy atom. The number of hydrogen-bond donors (Lipinski definition) is 1. The quantitative estimate of drug-likeness (QED) is 0.709. The molecule has 3 aliphatic rings. The van der Waals surface area contributed by atoms with Crippen LogP contribution in [0.4, 0.5) is 10.1 Å². The number of benzene rings is 1. The maximum atomic E-state index is 13.6. The van der Waals surface area contributed by atoms with Gasteiger partial charge in [-0.3, -0.25) is 9.69 Å². The van der Waals surface area contributed by atoms with Gasteiger partial charge in [-0.25, -0.2) is 4.39 Å². The minimum atomic E-state index is -0.254. The Morgan fingerprint density at radius 3 is 2.19 bits per heavy atom. The zero-order valence-electron chi connectivity index (χ0n) is 18.6. The van der Waals surface area contributed by atoms with Gasteiger partial charge in [0.25, 0.3) is 0 Å². The predicted molar refractivity (Wildman–Crippen MR) is 126 cm³/mol. The fourth-order valence-electron chi connectivity index (χ4n) is 5.28. The molecule has 2 saturated heterocycles. The lowest BCUT2D eigenvalue weighted by Crippen LogP contribution is -2.59. The highest BCUT2D eigenvalue weighted by Gasteiger charge is 2.39. The van der Waals surface area contributed by atoms with E-state index in [-0.39, 0.29) is 11.9 Å². The van der Waals surface area contributed by atoms with Gasteiger partial charge in [0.15, 0.2) is 5.11 Å². The number of piperidine rings is 1. The van der Waals surface area contributed by atoms with Crippen molar-refractivity contribution >= 4 is 28.9 Å². The molecule has 1 amide bonds. The lowest BCUT2D eigenvalue weighted by Gasteiger charge is -2.44. The van der Waals surface area contributed by atoms with Crippen molar-refractivity contribution in [3.05, 3.63) is 30.1 Å². The Morgan fingerprint density at radius 2 is 1.58 bits per heavy atom. The van der Waals surface area contributed by atoms with Gasteiger partial charge in [0.2, 0.25) is 5.91 Å². The van der Waals surface area contributed by atoms with Gasteiger partial charge in [0, 0.05) is 45.0 Å². The second-order valence-electron chi connectivity index (χ2n) is 9.46. The van der Waals surface area contributed by atoms with Crippen molar-refractivity contribution in [1.29, 1.82) is 0 Å². The molecular weight excluding hydrogens is 411 g/mol. The first-order valence-corrected chi connectivity index (χ1v) is 12.3. The number of carbonyl (C=O) groups excluding carboxylic acids is 1. The molecule has 1 atom stereocenters. The van der Waals surface area contributed by atoms with Gasteiger partial charge in [-0.1, -0.05) is 19.8 Å². The van der Waals surface area contributed by atoms with E-state index in [0.29, 0.717) is 16.9 Å². The molecule has 0 radical (unpaired) electrons. The van der Waals surface area contributed by atoms with Crippen LogP contribution in [0, 0.1) is 17.7 Å². The summed E-state index contributed by atoms with van der Waals surface area (Å²) in [5.74, 6) is 1.32. The molecule has 31 heavy (non-hydrogen) atoms. The van der Waals surface area contributed by atoms with Gasteiger partial charge in [-0.05, 0) is 74.0 Å². The summed E-state index contributed by atoms with van der Waals surface area (Å²) in [6.07, 6.45) is 7.09. The van der Waals surface area contributed by atoms with E-state index in [4.69, 9.17) is 12.2 Å². The number of hydrogen-bond acceptors (Lipinski definition) is 3. The summed E-state index contributed by atoms with van der Waals surface area (Å²) >= 11 is 5.59. The van der Waals surface area contributed by atoms with Crippen molar-refractivity contribution in [3.63, 3.8) is 0 Å². The number of nitrogens with one attached hydrogen (secondary N) is 1. The first-order valence-electron chi connectivity index (χ1n) is 11.9. The summed E-state index contributed by atoms with van der Waals surface area (Å²) in [7, 11) is 0. The van der Waals surface area contributed by atoms with Crippen LogP contribution in [-0.2, 0) is 4.79 Å². The van der Waals surface area contributed by atoms with Gasteiger partial charge in [0.05, 0.1) is 6.04 Å². The van der Waals surface area contributed by atoms with Crippen LogP contribution in [0.1, 0.15) is 45.4 Å². The monoisotopic (exact) mass is 446 g/mol. The summed E-state index contributed by atoms with van der Waals surface area (Å²) in [6.45, 7) is 7.42. The number of likely N-dealkylation sites (tertiary alicyclic amines) is 1. The van der Waals surface area contributed by atoms with Gasteiger partial charge in [0.1, 0.15) is 5.82 Å². The summed E-state index contributed by atoms with van der Waals surface area (Å²) in [5.41, 5.74) is 0.798. The molecule has 170 valence electrons. The molecular formula is C24H35FN4OS. The van der Waals surface area contributed by atoms with Gasteiger partial charge < -0.3 is 15.1 Å². The van der Waals surface area contributed by atoms with Crippen molar-refractivity contribution in [2.45, 2.75) is 51.5 Å². The minimum absolute atomic E-state index is 0.0247. The molecule has 1 aliphatic carbocycles. The van der Waals surface area contributed by atoms with Crippen LogP contribution < -0.4 is 5.32 Å². The number of anilines is 1. The third-order valence-electron chi connectivity index (χ3n) is 7.29. The standard InChI is InChI=1S/C24H35FN4OS/c1-18-10-12-28(13-11-18)23(30)22(19-4-2-3-5-19)27-14-16-29(17-15-27)24(31)26-21-8-6-20(25)7-9-21/h6-9,18-19,22H,2-5,10-17H2,1H3,(H,26,31)/t22-/m1/s1. The van der Waals surface area contributed by atoms with Crippen LogP contribution in [0.5, 0.6) is 0 Å². The van der Waals surface area contributed by atoms with E-state index in [2.05, 4.69) is 26.9 Å². The van der Waals surface area contributed by atoms with Crippen molar-refractivity contribution in [2.75, 3.05) is 44.6 Å². The highest BCUT2D eigenvalue weighted by Crippen LogP contribution is 2.32. The molecule has 1 aromatic carbocycles. The van der Waals surface area contributed by atoms with E-state index in [0.717, 1.165) is 63.7 Å². The molecule has 3 fully saturated rings. The largest absolute Gasteiger partial charge is 0.346 e. The second kappa shape index (κ2) is 10.3. The second-order valence-corrected chi connectivity index (χ2v) is 9.84. The average molecular weight is 447 g/mol. The molecule has 7 heteroatoms. The number of rotatable bonds is 4. The molecule has 2 aliphatic heterocycles. The van der Waals surface area contributed by atoms with Crippen molar-refractivity contribution < 1.29 is 9.18 Å². The van der Waals surface area contributed by atoms with Crippen LogP contribution in [-0.4, -0.2) is 71.0 Å². The van der Waals surface area contributed by atoms with Crippen LogP contribution in [0.15, 0.2) is 24.3 Å². The number of amides is 1. The third-order valence-corrected chi connectivity index (χ3v) is 7.65. The molecule has 0 spiro atoms. The number of carbonyl (C=O) groups is 1. The van der Waals surface area contributed by atoms with Gasteiger partial charge in [-0.2, -0.15) is 0 Å². The summed E-state index contributed by atoms with van der Waals surface area (Å²) < 4.78 is 13.1. The van der Waals surface area contributed by atoms with Crippen LogP contribution in [0.3, 0.4) is 0 Å². The average Bonchev–Trinajstić information content (AvgIpc) is 3.31. The minimum Gasteiger partial charge on any atom is -0.346 e. The van der Waals surface area contributed by atoms with Crippen molar-refractivity contribution in [2.24, 2.45) is 11.8 Å². The van der Waals surface area contributed by atoms with Crippen molar-refractivity contribution in [1.82, 2.24) is 14.7 Å². The van der Waals surface area contributed by atoms with E-state index >= 15 is 0 Å². The van der Waals surface area contributed by atoms with Crippen LogP contribution >= 0.6 is 12.2 Å². The summed E-state index contributed by atoms with van der Waals surface area (Å²) in [5, 5.41) is 3.88. The van der Waals surface area contributed by atoms with Gasteiger partial charge >= 0.3 is 0 Å². The maximum Gasteiger partial charge on any atom is 0.240 e.